The number of sulfonamides is 1. The third kappa shape index (κ3) is 7.16. The molecule has 2 aromatic rings. The molecule has 0 aromatic heterocycles. The van der Waals surface area contributed by atoms with Gasteiger partial charge in [0, 0.05) is 24.7 Å². The lowest BCUT2D eigenvalue weighted by atomic mass is 10.0. The molecule has 0 aliphatic rings. The average molecular weight is 393 g/mol. The Morgan fingerprint density at radius 3 is 1.96 bits per heavy atom. The maximum atomic E-state index is 13.1. The predicted molar refractivity (Wildman–Crippen MR) is 101 cm³/mol. The number of hydrogen-bond acceptors (Lipinski definition) is 4. The normalized spacial score (nSPS) is 12.3. The molecule has 2 rings (SSSR count). The molecule has 0 bridgehead atoms. The summed E-state index contributed by atoms with van der Waals surface area (Å²) in [4.78, 5) is 23.3. The Morgan fingerprint density at radius 2 is 1.48 bits per heavy atom. The van der Waals surface area contributed by atoms with Crippen molar-refractivity contribution < 1.29 is 22.4 Å². The molecule has 0 radical (unpaired) electrons. The number of amides is 2. The summed E-state index contributed by atoms with van der Waals surface area (Å²) in [5.74, 6) is -1.09. The number of benzene rings is 2. The van der Waals surface area contributed by atoms with Crippen LogP contribution in [0.1, 0.15) is 24.9 Å². The summed E-state index contributed by atoms with van der Waals surface area (Å²) < 4.78 is 38.7. The number of anilines is 2. The van der Waals surface area contributed by atoms with Gasteiger partial charge in [-0.15, -0.1) is 0 Å². The summed E-state index contributed by atoms with van der Waals surface area (Å²) in [6.07, 6.45) is 0.814. The summed E-state index contributed by atoms with van der Waals surface area (Å²) in [5, 5.41) is 5.27. The second-order valence-corrected chi connectivity index (χ2v) is 7.79. The number of nitrogens with one attached hydrogen (secondary N) is 3. The molecule has 2 aromatic carbocycles. The molecule has 7 nitrogen and oxygen atoms in total. The molecule has 0 spiro atoms. The second kappa shape index (κ2) is 8.74. The zero-order valence-electron chi connectivity index (χ0n) is 14.8. The van der Waals surface area contributed by atoms with Gasteiger partial charge in [-0.1, -0.05) is 12.1 Å². The van der Waals surface area contributed by atoms with E-state index < -0.39 is 27.8 Å². The van der Waals surface area contributed by atoms with Crippen molar-refractivity contribution in [1.82, 2.24) is 4.72 Å². The van der Waals surface area contributed by atoms with Gasteiger partial charge in [0.05, 0.1) is 12.3 Å². The minimum absolute atomic E-state index is 0.174. The van der Waals surface area contributed by atoms with Crippen molar-refractivity contribution in [2.45, 2.75) is 19.4 Å². The van der Waals surface area contributed by atoms with E-state index in [1.54, 1.807) is 24.3 Å². The molecule has 0 aliphatic carbocycles. The highest BCUT2D eigenvalue weighted by Crippen LogP contribution is 2.20. The number of hydrogen-bond donors (Lipinski definition) is 3. The highest BCUT2D eigenvalue weighted by atomic mass is 32.2. The largest absolute Gasteiger partial charge is 0.326 e. The monoisotopic (exact) mass is 393 g/mol. The van der Waals surface area contributed by atoms with Gasteiger partial charge in [-0.05, 0) is 42.0 Å². The fourth-order valence-electron chi connectivity index (χ4n) is 2.42. The summed E-state index contributed by atoms with van der Waals surface area (Å²) in [6, 6.07) is 10.9. The molecule has 1 atom stereocenters. The molecular weight excluding hydrogens is 373 g/mol. The van der Waals surface area contributed by atoms with E-state index in [2.05, 4.69) is 15.4 Å². The van der Waals surface area contributed by atoms with Crippen LogP contribution in [0, 0.1) is 5.82 Å². The van der Waals surface area contributed by atoms with Gasteiger partial charge < -0.3 is 10.6 Å². The Morgan fingerprint density at radius 1 is 0.963 bits per heavy atom. The topological polar surface area (TPSA) is 104 Å². The van der Waals surface area contributed by atoms with Crippen molar-refractivity contribution in [2.24, 2.45) is 0 Å². The van der Waals surface area contributed by atoms with Crippen LogP contribution in [0.15, 0.2) is 48.5 Å². The van der Waals surface area contributed by atoms with Crippen LogP contribution in [0.4, 0.5) is 15.8 Å². The van der Waals surface area contributed by atoms with Gasteiger partial charge in [-0.25, -0.2) is 17.5 Å². The molecule has 0 aliphatic heterocycles. The van der Waals surface area contributed by atoms with E-state index in [9.17, 15) is 22.4 Å². The third-order valence-corrected chi connectivity index (χ3v) is 4.22. The van der Waals surface area contributed by atoms with Crippen molar-refractivity contribution in [2.75, 3.05) is 16.9 Å². The van der Waals surface area contributed by atoms with Crippen LogP contribution in [0.3, 0.4) is 0 Å². The molecular formula is C18H20FN3O4S. The zero-order valence-corrected chi connectivity index (χ0v) is 15.6. The Balaban J connectivity index is 2.08. The molecule has 1 unspecified atom stereocenters. The Labute approximate surface area is 157 Å². The van der Waals surface area contributed by atoms with Gasteiger partial charge >= 0.3 is 0 Å². The summed E-state index contributed by atoms with van der Waals surface area (Å²) >= 11 is 0. The lowest BCUT2D eigenvalue weighted by Crippen LogP contribution is -2.30. The summed E-state index contributed by atoms with van der Waals surface area (Å²) in [5.41, 5.74) is 1.55. The van der Waals surface area contributed by atoms with Crippen LogP contribution in [0.25, 0.3) is 0 Å². The van der Waals surface area contributed by atoms with Crippen molar-refractivity contribution in [3.05, 3.63) is 59.9 Å². The van der Waals surface area contributed by atoms with Crippen LogP contribution >= 0.6 is 0 Å². The maximum Gasteiger partial charge on any atom is 0.226 e. The zero-order chi connectivity index (χ0) is 20.0. The average Bonchev–Trinajstić information content (AvgIpc) is 2.55. The molecule has 0 fully saturated rings. The second-order valence-electron chi connectivity index (χ2n) is 6.00. The minimum atomic E-state index is -3.58. The van der Waals surface area contributed by atoms with Crippen molar-refractivity contribution in [3.8, 4) is 0 Å². The molecule has 0 saturated heterocycles. The first-order valence-electron chi connectivity index (χ1n) is 8.02. The summed E-state index contributed by atoms with van der Waals surface area (Å²) in [6.45, 7) is 1.39. The van der Waals surface area contributed by atoms with Gasteiger partial charge in [-0.3, -0.25) is 9.59 Å². The lowest BCUT2D eigenvalue weighted by Gasteiger charge is -2.18. The highest BCUT2D eigenvalue weighted by molar-refractivity contribution is 7.88. The standard InChI is InChI=1S/C18H20FN3O4S/c1-12(23)20-15-7-9-16(10-8-15)21-18(24)11-17(22-27(2,25)26)13-3-5-14(19)6-4-13/h3-10,17,22H,11H2,1-2H3,(H,20,23)(H,21,24). The predicted octanol–water partition coefficient (Wildman–Crippen LogP) is 2.40. The Hall–Kier alpha value is -2.78. The Bertz CT molecular complexity index is 913. The van der Waals surface area contributed by atoms with Crippen molar-refractivity contribution in [1.29, 1.82) is 0 Å². The maximum absolute atomic E-state index is 13.1. The fraction of sp³-hybridized carbons (Fsp3) is 0.222. The van der Waals surface area contributed by atoms with E-state index in [4.69, 9.17) is 0 Å². The van der Waals surface area contributed by atoms with Crippen LogP contribution in [-0.2, 0) is 19.6 Å². The first-order chi connectivity index (χ1) is 12.6. The van der Waals surface area contributed by atoms with Gasteiger partial charge in [0.15, 0.2) is 0 Å². The number of halogens is 1. The van der Waals surface area contributed by atoms with Gasteiger partial charge in [-0.2, -0.15) is 0 Å². The number of rotatable bonds is 7. The van der Waals surface area contributed by atoms with E-state index in [0.29, 0.717) is 16.9 Å². The number of carbonyl (C=O) groups is 2. The fourth-order valence-corrected chi connectivity index (χ4v) is 3.15. The van der Waals surface area contributed by atoms with Gasteiger partial charge in [0.1, 0.15) is 5.82 Å². The van der Waals surface area contributed by atoms with Crippen LogP contribution in [0.5, 0.6) is 0 Å². The first-order valence-corrected chi connectivity index (χ1v) is 9.92. The Kier molecular flexibility index (Phi) is 6.65. The van der Waals surface area contributed by atoms with E-state index in [1.807, 2.05) is 0 Å². The molecule has 27 heavy (non-hydrogen) atoms. The lowest BCUT2D eigenvalue weighted by molar-refractivity contribution is -0.116. The van der Waals surface area contributed by atoms with Crippen LogP contribution in [-0.4, -0.2) is 26.5 Å². The SMILES string of the molecule is CC(=O)Nc1ccc(NC(=O)CC(NS(C)(=O)=O)c2ccc(F)cc2)cc1. The van der Waals surface area contributed by atoms with Crippen molar-refractivity contribution in [3.63, 3.8) is 0 Å². The van der Waals surface area contributed by atoms with E-state index in [1.165, 1.54) is 31.2 Å². The van der Waals surface area contributed by atoms with Crippen LogP contribution in [0.2, 0.25) is 0 Å². The molecule has 2 amide bonds. The molecule has 0 heterocycles. The van der Waals surface area contributed by atoms with E-state index in [0.717, 1.165) is 6.26 Å². The first kappa shape index (κ1) is 20.5. The minimum Gasteiger partial charge on any atom is -0.326 e. The van der Waals surface area contributed by atoms with E-state index >= 15 is 0 Å². The smallest absolute Gasteiger partial charge is 0.226 e. The van der Waals surface area contributed by atoms with Crippen molar-refractivity contribution >= 4 is 33.2 Å². The highest BCUT2D eigenvalue weighted by Gasteiger charge is 2.20. The van der Waals surface area contributed by atoms with E-state index in [-0.39, 0.29) is 12.3 Å². The van der Waals surface area contributed by atoms with Gasteiger partial charge in [0.2, 0.25) is 21.8 Å². The molecule has 0 saturated carbocycles. The van der Waals surface area contributed by atoms with Gasteiger partial charge in [0.25, 0.3) is 0 Å². The number of carbonyl (C=O) groups excluding carboxylic acids is 2. The van der Waals surface area contributed by atoms with Crippen LogP contribution < -0.4 is 15.4 Å². The third-order valence-electron chi connectivity index (χ3n) is 3.51. The summed E-state index contributed by atoms with van der Waals surface area (Å²) in [7, 11) is -3.58. The molecule has 3 N–H and O–H groups in total. The molecule has 144 valence electrons. The quantitative estimate of drug-likeness (QED) is 0.672. The molecule has 9 heteroatoms.